The van der Waals surface area contributed by atoms with Gasteiger partial charge in [0.1, 0.15) is 5.01 Å². The molecule has 0 unspecified atom stereocenters. The third-order valence-electron chi connectivity index (χ3n) is 3.17. The van der Waals surface area contributed by atoms with Gasteiger partial charge < -0.3 is 5.73 Å². The van der Waals surface area contributed by atoms with Gasteiger partial charge >= 0.3 is 0 Å². The SMILES string of the molecule is Nc1ccc(-c2csc(CC(=O)c3ccccc3)n2)cc1. The molecule has 0 atom stereocenters. The van der Waals surface area contributed by atoms with Gasteiger partial charge in [0.25, 0.3) is 0 Å². The van der Waals surface area contributed by atoms with E-state index in [1.165, 1.54) is 11.3 Å². The van der Waals surface area contributed by atoms with E-state index in [1.807, 2.05) is 60.0 Å². The maximum atomic E-state index is 12.2. The lowest BCUT2D eigenvalue weighted by molar-refractivity contribution is 0.0993. The largest absolute Gasteiger partial charge is 0.399 e. The van der Waals surface area contributed by atoms with Crippen molar-refractivity contribution in [3.63, 3.8) is 0 Å². The summed E-state index contributed by atoms with van der Waals surface area (Å²) in [5.74, 6) is 0.0915. The molecule has 4 heteroatoms. The fraction of sp³-hybridized carbons (Fsp3) is 0.0588. The van der Waals surface area contributed by atoms with Crippen LogP contribution in [-0.2, 0) is 6.42 Å². The van der Waals surface area contributed by atoms with E-state index < -0.39 is 0 Å². The second-order valence-electron chi connectivity index (χ2n) is 4.71. The van der Waals surface area contributed by atoms with Crippen LogP contribution in [0.5, 0.6) is 0 Å². The Morgan fingerprint density at radius 1 is 1.05 bits per heavy atom. The first-order valence-corrected chi connectivity index (χ1v) is 7.49. The van der Waals surface area contributed by atoms with Gasteiger partial charge in [0, 0.05) is 22.2 Å². The van der Waals surface area contributed by atoms with Crippen molar-refractivity contribution >= 4 is 22.8 Å². The van der Waals surface area contributed by atoms with Gasteiger partial charge in [0.05, 0.1) is 12.1 Å². The predicted octanol–water partition coefficient (Wildman–Crippen LogP) is 3.82. The molecule has 0 aliphatic heterocycles. The van der Waals surface area contributed by atoms with Crippen LogP contribution in [0.15, 0.2) is 60.0 Å². The smallest absolute Gasteiger partial charge is 0.169 e. The number of anilines is 1. The third kappa shape index (κ3) is 3.17. The van der Waals surface area contributed by atoms with Crippen LogP contribution < -0.4 is 5.73 Å². The van der Waals surface area contributed by atoms with E-state index in [2.05, 4.69) is 4.98 Å². The number of aromatic nitrogens is 1. The van der Waals surface area contributed by atoms with Crippen LogP contribution in [0, 0.1) is 0 Å². The summed E-state index contributed by atoms with van der Waals surface area (Å²) in [6, 6.07) is 16.9. The summed E-state index contributed by atoms with van der Waals surface area (Å²) in [6.45, 7) is 0. The number of hydrogen-bond donors (Lipinski definition) is 1. The number of nitrogens with two attached hydrogens (primary N) is 1. The molecule has 0 fully saturated rings. The summed E-state index contributed by atoms with van der Waals surface area (Å²) in [6.07, 6.45) is 0.337. The Hall–Kier alpha value is -2.46. The quantitative estimate of drug-likeness (QED) is 0.588. The lowest BCUT2D eigenvalue weighted by atomic mass is 10.1. The van der Waals surface area contributed by atoms with Gasteiger partial charge in [0.2, 0.25) is 0 Å². The Morgan fingerprint density at radius 2 is 1.76 bits per heavy atom. The van der Waals surface area contributed by atoms with Crippen LogP contribution in [0.4, 0.5) is 5.69 Å². The molecule has 1 aromatic heterocycles. The van der Waals surface area contributed by atoms with Gasteiger partial charge in [-0.2, -0.15) is 0 Å². The number of hydrogen-bond acceptors (Lipinski definition) is 4. The summed E-state index contributed by atoms with van der Waals surface area (Å²) in [5.41, 5.74) is 9.03. The minimum Gasteiger partial charge on any atom is -0.399 e. The molecular formula is C17H14N2OS. The number of rotatable bonds is 4. The van der Waals surface area contributed by atoms with Gasteiger partial charge in [-0.1, -0.05) is 42.5 Å². The van der Waals surface area contributed by atoms with Crippen molar-refractivity contribution in [1.82, 2.24) is 4.98 Å². The molecule has 0 amide bonds. The molecule has 3 rings (SSSR count). The first-order valence-electron chi connectivity index (χ1n) is 6.61. The van der Waals surface area contributed by atoms with Gasteiger partial charge in [-0.25, -0.2) is 4.98 Å². The van der Waals surface area contributed by atoms with Crippen molar-refractivity contribution in [1.29, 1.82) is 0 Å². The highest BCUT2D eigenvalue weighted by molar-refractivity contribution is 7.10. The highest BCUT2D eigenvalue weighted by Crippen LogP contribution is 2.23. The maximum Gasteiger partial charge on any atom is 0.169 e. The van der Waals surface area contributed by atoms with Crippen LogP contribution in [-0.4, -0.2) is 10.8 Å². The summed E-state index contributed by atoms with van der Waals surface area (Å²) in [4.78, 5) is 16.7. The summed E-state index contributed by atoms with van der Waals surface area (Å²) in [5, 5.41) is 2.80. The molecular weight excluding hydrogens is 280 g/mol. The van der Waals surface area contributed by atoms with Crippen LogP contribution in [0.3, 0.4) is 0 Å². The molecule has 2 N–H and O–H groups in total. The van der Waals surface area contributed by atoms with E-state index in [-0.39, 0.29) is 5.78 Å². The number of Topliss-reactive ketones (excluding diaryl/α,β-unsaturated/α-hetero) is 1. The first kappa shape index (κ1) is 13.5. The van der Waals surface area contributed by atoms with Crippen molar-refractivity contribution in [2.45, 2.75) is 6.42 Å². The minimum atomic E-state index is 0.0915. The topological polar surface area (TPSA) is 56.0 Å². The second kappa shape index (κ2) is 5.89. The molecule has 3 nitrogen and oxygen atoms in total. The molecule has 3 aromatic rings. The van der Waals surface area contributed by atoms with Gasteiger partial charge in [0.15, 0.2) is 5.78 Å². The monoisotopic (exact) mass is 294 g/mol. The minimum absolute atomic E-state index is 0.0915. The molecule has 0 saturated heterocycles. The molecule has 21 heavy (non-hydrogen) atoms. The Labute approximate surface area is 127 Å². The van der Waals surface area contributed by atoms with E-state index in [0.29, 0.717) is 6.42 Å². The normalized spacial score (nSPS) is 10.5. The van der Waals surface area contributed by atoms with E-state index in [1.54, 1.807) is 0 Å². The molecule has 0 aliphatic carbocycles. The van der Waals surface area contributed by atoms with Crippen molar-refractivity contribution in [2.24, 2.45) is 0 Å². The van der Waals surface area contributed by atoms with E-state index in [0.717, 1.165) is 27.5 Å². The van der Waals surface area contributed by atoms with Crippen LogP contribution >= 0.6 is 11.3 Å². The summed E-state index contributed by atoms with van der Waals surface area (Å²) in [7, 11) is 0. The molecule has 1 heterocycles. The number of thiazole rings is 1. The number of nitrogens with zero attached hydrogens (tertiary/aromatic N) is 1. The molecule has 0 spiro atoms. The van der Waals surface area contributed by atoms with Crippen LogP contribution in [0.25, 0.3) is 11.3 Å². The number of carbonyl (C=O) groups is 1. The van der Waals surface area contributed by atoms with Gasteiger partial charge in [-0.3, -0.25) is 4.79 Å². The van der Waals surface area contributed by atoms with Crippen LogP contribution in [0.1, 0.15) is 15.4 Å². The zero-order valence-corrected chi connectivity index (χ0v) is 12.1. The second-order valence-corrected chi connectivity index (χ2v) is 5.66. The Kier molecular flexibility index (Phi) is 3.79. The Bertz CT molecular complexity index is 748. The maximum absolute atomic E-state index is 12.2. The zero-order chi connectivity index (χ0) is 14.7. The van der Waals surface area contributed by atoms with Gasteiger partial charge in [-0.15, -0.1) is 11.3 Å². The predicted molar refractivity (Wildman–Crippen MR) is 86.4 cm³/mol. The molecule has 0 bridgehead atoms. The lowest BCUT2D eigenvalue weighted by Gasteiger charge is -1.98. The molecule has 2 aromatic carbocycles. The average Bonchev–Trinajstić information content (AvgIpc) is 2.97. The standard InChI is InChI=1S/C17H14N2OS/c18-14-8-6-12(7-9-14)15-11-21-17(19-15)10-16(20)13-4-2-1-3-5-13/h1-9,11H,10,18H2. The average molecular weight is 294 g/mol. The zero-order valence-electron chi connectivity index (χ0n) is 11.3. The summed E-state index contributed by atoms with van der Waals surface area (Å²) < 4.78 is 0. The van der Waals surface area contributed by atoms with Crippen molar-refractivity contribution in [2.75, 3.05) is 5.73 Å². The Balaban J connectivity index is 1.76. The number of ketones is 1. The van der Waals surface area contributed by atoms with Crippen molar-refractivity contribution < 1.29 is 4.79 Å². The highest BCUT2D eigenvalue weighted by atomic mass is 32.1. The number of nitrogen functional groups attached to an aromatic ring is 1. The van der Waals surface area contributed by atoms with Crippen molar-refractivity contribution in [3.05, 3.63) is 70.5 Å². The van der Waals surface area contributed by atoms with E-state index in [9.17, 15) is 4.79 Å². The number of benzene rings is 2. The van der Waals surface area contributed by atoms with Crippen LogP contribution in [0.2, 0.25) is 0 Å². The Morgan fingerprint density at radius 3 is 2.48 bits per heavy atom. The van der Waals surface area contributed by atoms with E-state index >= 15 is 0 Å². The fourth-order valence-corrected chi connectivity index (χ4v) is 2.84. The summed E-state index contributed by atoms with van der Waals surface area (Å²) >= 11 is 1.51. The van der Waals surface area contributed by atoms with Crippen molar-refractivity contribution in [3.8, 4) is 11.3 Å². The van der Waals surface area contributed by atoms with E-state index in [4.69, 9.17) is 5.73 Å². The fourth-order valence-electron chi connectivity index (χ4n) is 2.04. The third-order valence-corrected chi connectivity index (χ3v) is 4.01. The highest BCUT2D eigenvalue weighted by Gasteiger charge is 2.10. The molecule has 0 saturated carbocycles. The molecule has 0 aliphatic rings. The molecule has 104 valence electrons. The number of carbonyl (C=O) groups excluding carboxylic acids is 1. The lowest BCUT2D eigenvalue weighted by Crippen LogP contribution is -2.02. The van der Waals surface area contributed by atoms with Gasteiger partial charge in [-0.05, 0) is 12.1 Å². The first-order chi connectivity index (χ1) is 10.2. The molecule has 0 radical (unpaired) electrons.